The van der Waals surface area contributed by atoms with Crippen molar-refractivity contribution in [2.75, 3.05) is 0 Å². The molecule has 0 saturated heterocycles. The van der Waals surface area contributed by atoms with E-state index >= 15 is 0 Å². The van der Waals surface area contributed by atoms with Crippen LogP contribution in [0.4, 0.5) is 0 Å². The molecule has 1 unspecified atom stereocenters. The van der Waals surface area contributed by atoms with Gasteiger partial charge in [0, 0.05) is 5.92 Å². The quantitative estimate of drug-likeness (QED) is 0.847. The summed E-state index contributed by atoms with van der Waals surface area (Å²) >= 11 is 0. The van der Waals surface area contributed by atoms with Crippen LogP contribution < -0.4 is 0 Å². The van der Waals surface area contributed by atoms with Gasteiger partial charge in [-0.2, -0.15) is 0 Å². The number of aryl methyl sites for hydroxylation is 1. The van der Waals surface area contributed by atoms with Gasteiger partial charge in [-0.25, -0.2) is 0 Å². The van der Waals surface area contributed by atoms with Gasteiger partial charge in [0.05, 0.1) is 0 Å². The average molecular weight is 234 g/mol. The number of benzene rings is 1. The van der Waals surface area contributed by atoms with Crippen molar-refractivity contribution in [2.24, 2.45) is 0 Å². The molecular weight excluding hydrogens is 212 g/mol. The third-order valence-corrected chi connectivity index (χ3v) is 3.24. The fraction of sp³-hybridized carbons (Fsp3) is 0.533. The number of ketones is 1. The molecule has 94 valence electrons. The first-order chi connectivity index (χ1) is 7.64. The summed E-state index contributed by atoms with van der Waals surface area (Å²) in [5, 5.41) is 10.1. The Bertz CT molecular complexity index is 439. The largest absolute Gasteiger partial charge is 0.507 e. The number of hydrogen-bond donors (Lipinski definition) is 1. The van der Waals surface area contributed by atoms with Crippen molar-refractivity contribution in [1.82, 2.24) is 0 Å². The first-order valence-electron chi connectivity index (χ1n) is 5.99. The molecule has 2 nitrogen and oxygen atoms in total. The minimum absolute atomic E-state index is 0.115. The Labute approximate surface area is 104 Å². The number of Topliss-reactive ketones (excluding diaryl/α,β-unsaturated/α-hetero) is 1. The van der Waals surface area contributed by atoms with Crippen LogP contribution in [-0.2, 0) is 10.2 Å². The smallest absolute Gasteiger partial charge is 0.136 e. The van der Waals surface area contributed by atoms with Gasteiger partial charge >= 0.3 is 0 Å². The Hall–Kier alpha value is -1.31. The van der Waals surface area contributed by atoms with Crippen molar-refractivity contribution in [3.05, 3.63) is 28.8 Å². The van der Waals surface area contributed by atoms with Crippen molar-refractivity contribution in [3.63, 3.8) is 0 Å². The first kappa shape index (κ1) is 13.8. The summed E-state index contributed by atoms with van der Waals surface area (Å²) in [5.74, 6) is 0.377. The third-order valence-electron chi connectivity index (χ3n) is 3.24. The molecule has 2 heteroatoms. The first-order valence-corrected chi connectivity index (χ1v) is 5.99. The Morgan fingerprint density at radius 2 is 1.82 bits per heavy atom. The summed E-state index contributed by atoms with van der Waals surface area (Å²) in [7, 11) is 0. The van der Waals surface area contributed by atoms with Gasteiger partial charge in [-0.15, -0.1) is 0 Å². The van der Waals surface area contributed by atoms with Gasteiger partial charge in [-0.3, -0.25) is 4.79 Å². The van der Waals surface area contributed by atoms with Gasteiger partial charge in [0.1, 0.15) is 11.5 Å². The molecule has 1 rings (SSSR count). The highest BCUT2D eigenvalue weighted by Crippen LogP contribution is 2.35. The van der Waals surface area contributed by atoms with E-state index in [-0.39, 0.29) is 17.1 Å². The summed E-state index contributed by atoms with van der Waals surface area (Å²) in [6.45, 7) is 11.6. The zero-order chi connectivity index (χ0) is 13.4. The van der Waals surface area contributed by atoms with Crippen molar-refractivity contribution in [2.45, 2.75) is 52.9 Å². The molecule has 0 heterocycles. The number of aromatic hydroxyl groups is 1. The molecule has 1 N–H and O–H groups in total. The lowest BCUT2D eigenvalue weighted by Crippen LogP contribution is -2.14. The topological polar surface area (TPSA) is 37.3 Å². The minimum atomic E-state index is -0.124. The Morgan fingerprint density at radius 3 is 2.24 bits per heavy atom. The highest BCUT2D eigenvalue weighted by atomic mass is 16.3. The van der Waals surface area contributed by atoms with Crippen LogP contribution in [0.15, 0.2) is 12.1 Å². The van der Waals surface area contributed by atoms with Crippen LogP contribution >= 0.6 is 0 Å². The maximum absolute atomic E-state index is 11.4. The van der Waals surface area contributed by atoms with Crippen molar-refractivity contribution in [3.8, 4) is 5.75 Å². The lowest BCUT2D eigenvalue weighted by molar-refractivity contribution is -0.118. The van der Waals surface area contributed by atoms with Crippen LogP contribution in [0.1, 0.15) is 57.2 Å². The van der Waals surface area contributed by atoms with E-state index in [0.29, 0.717) is 5.75 Å². The van der Waals surface area contributed by atoms with Gasteiger partial charge < -0.3 is 5.11 Å². The van der Waals surface area contributed by atoms with Gasteiger partial charge in [0.15, 0.2) is 0 Å². The second-order valence-electron chi connectivity index (χ2n) is 5.82. The number of carbonyl (C=O) groups excluding carboxylic acids is 1. The second-order valence-corrected chi connectivity index (χ2v) is 5.82. The van der Waals surface area contributed by atoms with E-state index in [1.165, 1.54) is 0 Å². The Balaban J connectivity index is 3.39. The lowest BCUT2D eigenvalue weighted by Gasteiger charge is -2.23. The summed E-state index contributed by atoms with van der Waals surface area (Å²) < 4.78 is 0. The van der Waals surface area contributed by atoms with Crippen LogP contribution in [0, 0.1) is 6.92 Å². The molecule has 0 spiro atoms. The predicted octanol–water partition coefficient (Wildman–Crippen LogP) is 3.69. The number of phenols is 1. The molecular formula is C15H22O2. The van der Waals surface area contributed by atoms with Crippen molar-refractivity contribution < 1.29 is 9.90 Å². The van der Waals surface area contributed by atoms with Crippen LogP contribution in [0.25, 0.3) is 0 Å². The van der Waals surface area contributed by atoms with E-state index < -0.39 is 0 Å². The zero-order valence-corrected chi connectivity index (χ0v) is 11.6. The number of hydrogen-bond acceptors (Lipinski definition) is 2. The van der Waals surface area contributed by atoms with Crippen LogP contribution in [-0.4, -0.2) is 10.9 Å². The van der Waals surface area contributed by atoms with E-state index in [2.05, 4.69) is 20.8 Å². The normalized spacial score (nSPS) is 13.5. The van der Waals surface area contributed by atoms with E-state index in [1.54, 1.807) is 6.92 Å². The molecule has 1 aromatic carbocycles. The fourth-order valence-corrected chi connectivity index (χ4v) is 1.86. The monoisotopic (exact) mass is 234 g/mol. The molecule has 0 aromatic heterocycles. The predicted molar refractivity (Wildman–Crippen MR) is 70.6 cm³/mol. The molecule has 0 fully saturated rings. The van der Waals surface area contributed by atoms with Gasteiger partial charge in [-0.05, 0) is 36.0 Å². The van der Waals surface area contributed by atoms with Gasteiger partial charge in [-0.1, -0.05) is 39.8 Å². The third kappa shape index (κ3) is 2.87. The van der Waals surface area contributed by atoms with E-state index in [9.17, 15) is 9.90 Å². The molecule has 1 aromatic rings. The average Bonchev–Trinajstić information content (AvgIpc) is 2.18. The van der Waals surface area contributed by atoms with E-state index in [1.807, 2.05) is 26.0 Å². The standard InChI is InChI=1S/C15H22O2/c1-9-7-12(10(2)11(3)16)8-13(14(9)17)15(4,5)6/h7-8,10,17H,1-6H3. The van der Waals surface area contributed by atoms with Crippen LogP contribution in [0.2, 0.25) is 0 Å². The zero-order valence-electron chi connectivity index (χ0n) is 11.6. The van der Waals surface area contributed by atoms with E-state index in [4.69, 9.17) is 0 Å². The molecule has 0 aliphatic carbocycles. The van der Waals surface area contributed by atoms with Crippen LogP contribution in [0.5, 0.6) is 5.75 Å². The summed E-state index contributed by atoms with van der Waals surface area (Å²) in [6, 6.07) is 3.85. The fourth-order valence-electron chi connectivity index (χ4n) is 1.86. The molecule has 0 saturated carbocycles. The molecule has 0 amide bonds. The molecule has 1 atom stereocenters. The molecule has 0 aliphatic heterocycles. The Kier molecular flexibility index (Phi) is 3.65. The molecule has 17 heavy (non-hydrogen) atoms. The van der Waals surface area contributed by atoms with Crippen LogP contribution in [0.3, 0.4) is 0 Å². The maximum atomic E-state index is 11.4. The highest BCUT2D eigenvalue weighted by molar-refractivity contribution is 5.83. The molecule has 0 radical (unpaired) electrons. The SMILES string of the molecule is CC(=O)C(C)c1cc(C)c(O)c(C(C)(C)C)c1. The van der Waals surface area contributed by atoms with Crippen molar-refractivity contribution >= 4 is 5.78 Å². The highest BCUT2D eigenvalue weighted by Gasteiger charge is 2.22. The number of carbonyl (C=O) groups is 1. The number of phenolic OH excluding ortho intramolecular Hbond substituents is 1. The van der Waals surface area contributed by atoms with Gasteiger partial charge in [0.25, 0.3) is 0 Å². The minimum Gasteiger partial charge on any atom is -0.507 e. The summed E-state index contributed by atoms with van der Waals surface area (Å²) in [5.41, 5.74) is 2.60. The number of rotatable bonds is 2. The summed E-state index contributed by atoms with van der Waals surface area (Å²) in [6.07, 6.45) is 0. The van der Waals surface area contributed by atoms with E-state index in [0.717, 1.165) is 16.7 Å². The Morgan fingerprint density at radius 1 is 1.29 bits per heavy atom. The summed E-state index contributed by atoms with van der Waals surface area (Å²) in [4.78, 5) is 11.4. The second kappa shape index (κ2) is 4.52. The van der Waals surface area contributed by atoms with Gasteiger partial charge in [0.2, 0.25) is 0 Å². The maximum Gasteiger partial charge on any atom is 0.136 e. The van der Waals surface area contributed by atoms with Crippen molar-refractivity contribution in [1.29, 1.82) is 0 Å². The molecule has 0 aliphatic rings. The molecule has 0 bridgehead atoms. The lowest BCUT2D eigenvalue weighted by atomic mass is 9.82.